The second-order valence-corrected chi connectivity index (χ2v) is 7.71. The zero-order valence-corrected chi connectivity index (χ0v) is 11.4. The molecule has 96 valence electrons. The smallest absolute Gasteiger partial charge is 0.154 e. The van der Waals surface area contributed by atoms with Gasteiger partial charge in [0.2, 0.25) is 0 Å². The van der Waals surface area contributed by atoms with E-state index in [1.54, 1.807) is 11.3 Å². The molecule has 0 saturated carbocycles. The molecule has 2 unspecified atom stereocenters. The predicted octanol–water partition coefficient (Wildman–Crippen LogP) is 0.380. The molecule has 1 aromatic rings. The Morgan fingerprint density at radius 3 is 2.82 bits per heavy atom. The molecule has 17 heavy (non-hydrogen) atoms. The summed E-state index contributed by atoms with van der Waals surface area (Å²) in [6, 6.07) is 3.83. The molecule has 6 heteroatoms. The van der Waals surface area contributed by atoms with Gasteiger partial charge in [-0.1, -0.05) is 6.07 Å². The lowest BCUT2D eigenvalue weighted by Crippen LogP contribution is -2.41. The van der Waals surface area contributed by atoms with Crippen molar-refractivity contribution in [3.05, 3.63) is 22.4 Å². The molecular weight excluding hydrogens is 258 g/mol. The van der Waals surface area contributed by atoms with Gasteiger partial charge in [-0.2, -0.15) is 0 Å². The quantitative estimate of drug-likeness (QED) is 0.863. The van der Waals surface area contributed by atoms with Crippen molar-refractivity contribution in [1.82, 2.24) is 4.90 Å². The number of thiophene rings is 1. The average molecular weight is 275 g/mol. The molecule has 0 amide bonds. The minimum absolute atomic E-state index is 0.0785. The number of hydrogen-bond acceptors (Lipinski definition) is 5. The maximum atomic E-state index is 11.4. The Kier molecular flexibility index (Phi) is 3.87. The molecule has 2 atom stereocenters. The summed E-state index contributed by atoms with van der Waals surface area (Å²) in [5.74, 6) is -0.0177. The fraction of sp³-hybridized carbons (Fsp3) is 0.636. The van der Waals surface area contributed by atoms with E-state index in [-0.39, 0.29) is 17.5 Å². The van der Waals surface area contributed by atoms with E-state index in [1.165, 1.54) is 4.88 Å². The molecule has 0 radical (unpaired) electrons. The maximum Gasteiger partial charge on any atom is 0.154 e. The third-order valence-electron chi connectivity index (χ3n) is 3.15. The highest BCUT2D eigenvalue weighted by Gasteiger charge is 2.38. The number of aliphatic hydroxyl groups excluding tert-OH is 1. The summed E-state index contributed by atoms with van der Waals surface area (Å²) in [4.78, 5) is 3.24. The molecule has 0 spiro atoms. The monoisotopic (exact) mass is 275 g/mol. The van der Waals surface area contributed by atoms with Crippen LogP contribution in [0.25, 0.3) is 0 Å². The highest BCUT2D eigenvalue weighted by Crippen LogP contribution is 2.18. The number of sulfone groups is 1. The fourth-order valence-electron chi connectivity index (χ4n) is 2.14. The zero-order chi connectivity index (χ0) is 12.5. The first-order valence-corrected chi connectivity index (χ1v) is 8.29. The van der Waals surface area contributed by atoms with Crippen LogP contribution in [0.15, 0.2) is 17.5 Å². The van der Waals surface area contributed by atoms with E-state index >= 15 is 0 Å². The topological polar surface area (TPSA) is 57.6 Å². The van der Waals surface area contributed by atoms with Gasteiger partial charge >= 0.3 is 0 Å². The van der Waals surface area contributed by atoms with E-state index in [1.807, 2.05) is 23.4 Å². The van der Waals surface area contributed by atoms with Gasteiger partial charge in [-0.15, -0.1) is 11.3 Å². The Morgan fingerprint density at radius 2 is 2.29 bits per heavy atom. The first kappa shape index (κ1) is 13.0. The molecule has 0 aliphatic carbocycles. The average Bonchev–Trinajstić information content (AvgIpc) is 2.82. The lowest BCUT2D eigenvalue weighted by molar-refractivity contribution is 0.101. The fourth-order valence-corrected chi connectivity index (χ4v) is 4.71. The van der Waals surface area contributed by atoms with Gasteiger partial charge < -0.3 is 5.11 Å². The molecule has 4 nitrogen and oxygen atoms in total. The summed E-state index contributed by atoms with van der Waals surface area (Å²) in [5.41, 5.74) is 0. The van der Waals surface area contributed by atoms with E-state index in [4.69, 9.17) is 0 Å². The highest BCUT2D eigenvalue weighted by atomic mass is 32.2. The summed E-state index contributed by atoms with van der Waals surface area (Å²) in [6.07, 6.45) is 0.158. The van der Waals surface area contributed by atoms with Crippen LogP contribution >= 0.6 is 11.3 Å². The molecule has 2 heterocycles. The van der Waals surface area contributed by atoms with Crippen molar-refractivity contribution in [1.29, 1.82) is 0 Å². The Balaban J connectivity index is 1.90. The third kappa shape index (κ3) is 3.28. The molecule has 1 aromatic heterocycles. The van der Waals surface area contributed by atoms with Crippen molar-refractivity contribution in [3.8, 4) is 0 Å². The van der Waals surface area contributed by atoms with Crippen molar-refractivity contribution in [2.75, 3.05) is 25.1 Å². The highest BCUT2D eigenvalue weighted by molar-refractivity contribution is 7.91. The minimum Gasteiger partial charge on any atom is -0.390 e. The van der Waals surface area contributed by atoms with E-state index in [0.717, 1.165) is 13.0 Å². The summed E-state index contributed by atoms with van der Waals surface area (Å²) in [7, 11) is -1.17. The minimum atomic E-state index is -3.05. The molecule has 1 saturated heterocycles. The SMILES string of the molecule is CN(CCc1cccs1)C1CS(=O)(=O)CC1O. The van der Waals surface area contributed by atoms with E-state index < -0.39 is 15.9 Å². The zero-order valence-electron chi connectivity index (χ0n) is 9.74. The third-order valence-corrected chi connectivity index (χ3v) is 5.79. The van der Waals surface area contributed by atoms with E-state index in [0.29, 0.717) is 0 Å². The Hall–Kier alpha value is -0.430. The molecule has 1 aliphatic heterocycles. The molecule has 1 N–H and O–H groups in total. The van der Waals surface area contributed by atoms with Gasteiger partial charge in [-0.05, 0) is 24.9 Å². The number of aliphatic hydroxyl groups is 1. The molecule has 1 aliphatic rings. The standard InChI is InChI=1S/C11H17NO3S2/c1-12(5-4-9-3-2-6-16-9)10-7-17(14,15)8-11(10)13/h2-3,6,10-11,13H,4-5,7-8H2,1H3. The van der Waals surface area contributed by atoms with Crippen molar-refractivity contribution in [2.45, 2.75) is 18.6 Å². The van der Waals surface area contributed by atoms with Crippen molar-refractivity contribution in [3.63, 3.8) is 0 Å². The van der Waals surface area contributed by atoms with Crippen LogP contribution in [0.3, 0.4) is 0 Å². The van der Waals surface area contributed by atoms with Gasteiger partial charge in [0.1, 0.15) is 0 Å². The molecule has 1 fully saturated rings. The Bertz CT molecular complexity index is 455. The lowest BCUT2D eigenvalue weighted by Gasteiger charge is -2.25. The van der Waals surface area contributed by atoms with Gasteiger partial charge in [-0.3, -0.25) is 4.90 Å². The van der Waals surface area contributed by atoms with Gasteiger partial charge in [0.05, 0.1) is 23.7 Å². The lowest BCUT2D eigenvalue weighted by atomic mass is 10.2. The van der Waals surface area contributed by atoms with Gasteiger partial charge in [0, 0.05) is 11.4 Å². The summed E-state index contributed by atoms with van der Waals surface area (Å²) >= 11 is 1.70. The summed E-state index contributed by atoms with van der Waals surface area (Å²) < 4.78 is 22.8. The predicted molar refractivity (Wildman–Crippen MR) is 69.1 cm³/mol. The number of rotatable bonds is 4. The molecule has 0 bridgehead atoms. The second kappa shape index (κ2) is 5.06. The van der Waals surface area contributed by atoms with Crippen molar-refractivity contribution >= 4 is 21.2 Å². The molecule has 0 aromatic carbocycles. The van der Waals surface area contributed by atoms with Crippen LogP contribution in [-0.2, 0) is 16.3 Å². The Labute approximate surface area is 106 Å². The van der Waals surface area contributed by atoms with Crippen LogP contribution in [0.5, 0.6) is 0 Å². The largest absolute Gasteiger partial charge is 0.390 e. The van der Waals surface area contributed by atoms with Crippen LogP contribution in [0.4, 0.5) is 0 Å². The van der Waals surface area contributed by atoms with Gasteiger partial charge in [0.25, 0.3) is 0 Å². The van der Waals surface area contributed by atoms with E-state index in [2.05, 4.69) is 6.07 Å². The normalized spacial score (nSPS) is 27.7. The van der Waals surface area contributed by atoms with Crippen LogP contribution in [0.1, 0.15) is 4.88 Å². The number of hydrogen-bond donors (Lipinski definition) is 1. The maximum absolute atomic E-state index is 11.4. The summed E-state index contributed by atoms with van der Waals surface area (Å²) in [5, 5.41) is 11.8. The molecular formula is C11H17NO3S2. The van der Waals surface area contributed by atoms with Gasteiger partial charge in [-0.25, -0.2) is 8.42 Å². The van der Waals surface area contributed by atoms with Crippen molar-refractivity contribution in [2.24, 2.45) is 0 Å². The summed E-state index contributed by atoms with van der Waals surface area (Å²) in [6.45, 7) is 0.776. The van der Waals surface area contributed by atoms with Crippen molar-refractivity contribution < 1.29 is 13.5 Å². The van der Waals surface area contributed by atoms with Crippen LogP contribution in [0, 0.1) is 0 Å². The number of nitrogens with zero attached hydrogens (tertiary/aromatic N) is 1. The van der Waals surface area contributed by atoms with Gasteiger partial charge in [0.15, 0.2) is 9.84 Å². The van der Waals surface area contributed by atoms with E-state index in [9.17, 15) is 13.5 Å². The Morgan fingerprint density at radius 1 is 1.53 bits per heavy atom. The van der Waals surface area contributed by atoms with Crippen LogP contribution in [0.2, 0.25) is 0 Å². The first-order valence-electron chi connectivity index (χ1n) is 5.59. The van der Waals surface area contributed by atoms with Crippen LogP contribution in [-0.4, -0.2) is 55.7 Å². The first-order chi connectivity index (χ1) is 7.98. The second-order valence-electron chi connectivity index (χ2n) is 4.52. The number of likely N-dealkylation sites (N-methyl/N-ethyl adjacent to an activating group) is 1. The molecule has 2 rings (SSSR count). The van der Waals surface area contributed by atoms with Crippen LogP contribution < -0.4 is 0 Å².